The number of rotatable bonds is 8. The van der Waals surface area contributed by atoms with Crippen molar-refractivity contribution in [2.45, 2.75) is 25.5 Å². The molecule has 0 saturated heterocycles. The molecule has 2 aromatic carbocycles. The highest BCUT2D eigenvalue weighted by Crippen LogP contribution is 2.22. The highest BCUT2D eigenvalue weighted by molar-refractivity contribution is 9.18. The van der Waals surface area contributed by atoms with Crippen LogP contribution in [0.2, 0.25) is 0 Å². The lowest BCUT2D eigenvalue weighted by Gasteiger charge is -2.17. The number of hydrogen-bond donors (Lipinski definition) is 1. The fourth-order valence-corrected chi connectivity index (χ4v) is 3.39. The second kappa shape index (κ2) is 9.47. The van der Waals surface area contributed by atoms with E-state index in [9.17, 15) is 19.2 Å². The summed E-state index contributed by atoms with van der Waals surface area (Å²) in [6.07, 6.45) is -0.114. The van der Waals surface area contributed by atoms with Gasteiger partial charge >= 0.3 is 6.09 Å². The number of halogens is 1. The number of carbonyl (C=O) groups is 4. The summed E-state index contributed by atoms with van der Waals surface area (Å²) in [6, 6.07) is 15.0. The Balaban J connectivity index is 1.49. The second-order valence-corrected chi connectivity index (χ2v) is 7.29. The van der Waals surface area contributed by atoms with Crippen LogP contribution in [0.1, 0.15) is 39.1 Å². The van der Waals surface area contributed by atoms with Crippen molar-refractivity contribution < 1.29 is 23.9 Å². The Morgan fingerprint density at radius 1 is 0.966 bits per heavy atom. The van der Waals surface area contributed by atoms with E-state index in [1.54, 1.807) is 24.3 Å². The van der Waals surface area contributed by atoms with Crippen molar-refractivity contribution in [3.05, 3.63) is 71.3 Å². The van der Waals surface area contributed by atoms with Crippen LogP contribution in [0, 0.1) is 0 Å². The van der Waals surface area contributed by atoms with Gasteiger partial charge in [0.25, 0.3) is 11.8 Å². The second-order valence-electron chi connectivity index (χ2n) is 6.51. The molecule has 1 atom stereocenters. The van der Waals surface area contributed by atoms with Crippen molar-refractivity contribution in [2.24, 2.45) is 0 Å². The molecular formula is C21H19BrN2O5. The van der Waals surface area contributed by atoms with Crippen molar-refractivity contribution in [1.29, 1.82) is 0 Å². The molecule has 0 aliphatic carbocycles. The molecule has 7 nitrogen and oxygen atoms in total. The molecule has 0 aromatic heterocycles. The van der Waals surface area contributed by atoms with Crippen LogP contribution >= 0.6 is 15.9 Å². The molecule has 29 heavy (non-hydrogen) atoms. The summed E-state index contributed by atoms with van der Waals surface area (Å²) in [6.45, 7) is 0.245. The lowest BCUT2D eigenvalue weighted by atomic mass is 10.1. The molecular weight excluding hydrogens is 440 g/mol. The Hall–Kier alpha value is -3.00. The van der Waals surface area contributed by atoms with Crippen LogP contribution in [0.25, 0.3) is 0 Å². The van der Waals surface area contributed by atoms with Crippen LogP contribution in [-0.4, -0.2) is 40.1 Å². The van der Waals surface area contributed by atoms with Crippen LogP contribution in [0.3, 0.4) is 0 Å². The van der Waals surface area contributed by atoms with Crippen LogP contribution in [0.4, 0.5) is 4.79 Å². The van der Waals surface area contributed by atoms with Crippen molar-refractivity contribution in [2.75, 3.05) is 6.54 Å². The first-order valence-electron chi connectivity index (χ1n) is 9.09. The summed E-state index contributed by atoms with van der Waals surface area (Å²) in [5.41, 5.74) is 1.59. The van der Waals surface area contributed by atoms with E-state index in [1.165, 1.54) is 0 Å². The molecule has 1 aliphatic heterocycles. The molecule has 0 spiro atoms. The van der Waals surface area contributed by atoms with Gasteiger partial charge < -0.3 is 10.1 Å². The number of amides is 3. The van der Waals surface area contributed by atoms with Gasteiger partial charge in [-0.05, 0) is 46.5 Å². The largest absolute Gasteiger partial charge is 0.445 e. The number of benzene rings is 2. The maximum absolute atomic E-state index is 12.4. The minimum atomic E-state index is -0.826. The number of hydrogen-bond acceptors (Lipinski definition) is 5. The molecule has 0 unspecified atom stereocenters. The van der Waals surface area contributed by atoms with Gasteiger partial charge in [-0.1, -0.05) is 42.5 Å². The van der Waals surface area contributed by atoms with Gasteiger partial charge in [-0.25, -0.2) is 4.79 Å². The molecule has 0 fully saturated rings. The van der Waals surface area contributed by atoms with E-state index >= 15 is 0 Å². The fraction of sp³-hybridized carbons (Fsp3) is 0.238. The lowest BCUT2D eigenvalue weighted by Crippen LogP contribution is -2.40. The smallest absolute Gasteiger partial charge is 0.408 e. The summed E-state index contributed by atoms with van der Waals surface area (Å²) in [5.74, 6) is -0.690. The van der Waals surface area contributed by atoms with Gasteiger partial charge in [0.1, 0.15) is 12.6 Å². The van der Waals surface area contributed by atoms with E-state index in [0.717, 1.165) is 10.5 Å². The zero-order valence-electron chi connectivity index (χ0n) is 15.5. The number of ether oxygens (including phenoxy) is 1. The Kier molecular flexibility index (Phi) is 6.77. The molecule has 1 N–H and O–H groups in total. The normalized spacial score (nSPS) is 13.8. The molecule has 0 saturated carbocycles. The van der Waals surface area contributed by atoms with Crippen LogP contribution in [0.5, 0.6) is 0 Å². The fourth-order valence-electron chi connectivity index (χ4n) is 3.05. The van der Waals surface area contributed by atoms with E-state index in [0.29, 0.717) is 17.5 Å². The third kappa shape index (κ3) is 5.08. The Morgan fingerprint density at radius 3 is 2.14 bits per heavy atom. The average Bonchev–Trinajstić information content (AvgIpc) is 2.97. The third-order valence-corrected chi connectivity index (χ3v) is 5.08. The quantitative estimate of drug-likeness (QED) is 0.483. The van der Waals surface area contributed by atoms with E-state index in [4.69, 9.17) is 4.74 Å². The zero-order chi connectivity index (χ0) is 20.8. The molecule has 1 aliphatic rings. The Bertz CT molecular complexity index is 897. The van der Waals surface area contributed by atoms with Crippen LogP contribution in [-0.2, 0) is 16.1 Å². The number of carbonyl (C=O) groups excluding carboxylic acids is 4. The van der Waals surface area contributed by atoms with Gasteiger partial charge in [0.2, 0.25) is 4.69 Å². The summed E-state index contributed by atoms with van der Waals surface area (Å²) >= 11 is 2.87. The molecule has 1 heterocycles. The molecule has 3 rings (SSSR count). The first-order chi connectivity index (χ1) is 14.0. The van der Waals surface area contributed by atoms with Gasteiger partial charge in [0.15, 0.2) is 0 Å². The summed E-state index contributed by atoms with van der Waals surface area (Å²) < 4.78 is 4.72. The molecule has 2 aromatic rings. The standard InChI is InChI=1S/C21H19BrN2O5/c22-18(25)17(23-21(28)29-13-14-7-2-1-3-8-14)11-6-12-24-19(26)15-9-4-5-10-16(15)20(24)27/h1-5,7-10,17H,6,11-13H2,(H,23,28)/t17-/m0/s1. The Labute approximate surface area is 176 Å². The van der Waals surface area contributed by atoms with Gasteiger partial charge in [0, 0.05) is 6.54 Å². The first kappa shape index (κ1) is 20.7. The highest BCUT2D eigenvalue weighted by Gasteiger charge is 2.34. The van der Waals surface area contributed by atoms with E-state index in [2.05, 4.69) is 21.2 Å². The first-order valence-corrected chi connectivity index (χ1v) is 9.88. The molecule has 0 bridgehead atoms. The van der Waals surface area contributed by atoms with Crippen LogP contribution in [0.15, 0.2) is 54.6 Å². The van der Waals surface area contributed by atoms with E-state index < -0.39 is 16.8 Å². The SMILES string of the molecule is O=C(N[C@@H](CCCN1C(=O)c2ccccc2C1=O)C(=O)Br)OCc1ccccc1. The van der Waals surface area contributed by atoms with Gasteiger partial charge in [0.05, 0.1) is 11.1 Å². The summed E-state index contributed by atoms with van der Waals surface area (Å²) in [5, 5.41) is 2.51. The predicted octanol–water partition coefficient (Wildman–Crippen LogP) is 3.28. The van der Waals surface area contributed by atoms with E-state index in [1.807, 2.05) is 30.3 Å². The molecule has 3 amide bonds. The number of nitrogens with one attached hydrogen (secondary N) is 1. The van der Waals surface area contributed by atoms with E-state index in [-0.39, 0.29) is 31.4 Å². The monoisotopic (exact) mass is 458 g/mol. The minimum Gasteiger partial charge on any atom is -0.445 e. The number of fused-ring (bicyclic) bond motifs is 1. The highest BCUT2D eigenvalue weighted by atomic mass is 79.9. The van der Waals surface area contributed by atoms with Gasteiger partial charge in [-0.3, -0.25) is 19.3 Å². The molecule has 150 valence electrons. The van der Waals surface area contributed by atoms with Crippen LogP contribution < -0.4 is 5.32 Å². The van der Waals surface area contributed by atoms with Crippen molar-refractivity contribution in [3.8, 4) is 0 Å². The van der Waals surface area contributed by atoms with Crippen molar-refractivity contribution in [3.63, 3.8) is 0 Å². The molecule has 8 heteroatoms. The lowest BCUT2D eigenvalue weighted by molar-refractivity contribution is -0.112. The number of nitrogens with zero attached hydrogens (tertiary/aromatic N) is 1. The number of alkyl carbamates (subject to hydrolysis) is 1. The minimum absolute atomic E-state index is 0.0882. The maximum Gasteiger partial charge on any atom is 0.408 e. The van der Waals surface area contributed by atoms with Gasteiger partial charge in [-0.15, -0.1) is 0 Å². The summed E-state index contributed by atoms with van der Waals surface area (Å²) in [7, 11) is 0. The average molecular weight is 459 g/mol. The topological polar surface area (TPSA) is 92.8 Å². The Morgan fingerprint density at radius 2 is 1.55 bits per heavy atom. The third-order valence-electron chi connectivity index (χ3n) is 4.53. The molecule has 0 radical (unpaired) electrons. The summed E-state index contributed by atoms with van der Waals surface area (Å²) in [4.78, 5) is 49.6. The zero-order valence-corrected chi connectivity index (χ0v) is 17.1. The maximum atomic E-state index is 12.4. The van der Waals surface area contributed by atoms with Crippen molar-refractivity contribution in [1.82, 2.24) is 10.2 Å². The van der Waals surface area contributed by atoms with Gasteiger partial charge in [-0.2, -0.15) is 0 Å². The van der Waals surface area contributed by atoms with Crippen molar-refractivity contribution >= 4 is 38.5 Å². The predicted molar refractivity (Wildman–Crippen MR) is 109 cm³/mol. The number of imide groups is 1.